The predicted molar refractivity (Wildman–Crippen MR) is 67.6 cm³/mol. The number of nitrogens with two attached hydrogens (primary N) is 1. The van der Waals surface area contributed by atoms with Gasteiger partial charge in [0, 0.05) is 25.7 Å². The van der Waals surface area contributed by atoms with Crippen molar-refractivity contribution in [3.8, 4) is 0 Å². The summed E-state index contributed by atoms with van der Waals surface area (Å²) in [4.78, 5) is 13.6. The Bertz CT molecular complexity index is 360. The first-order valence-electron chi connectivity index (χ1n) is 5.77. The largest absolute Gasteiger partial charge is 0.393 e. The maximum Gasteiger partial charge on any atom is 0.253 e. The molecular weight excluding hydrogens is 216 g/mol. The minimum atomic E-state index is -0.384. The molecule has 1 unspecified atom stereocenters. The molecule has 4 heteroatoms. The number of hydrogen-bond acceptors (Lipinski definition) is 3. The lowest BCUT2D eigenvalue weighted by molar-refractivity contribution is 0.0769. The molecule has 4 nitrogen and oxygen atoms in total. The Morgan fingerprint density at radius 1 is 1.41 bits per heavy atom. The Labute approximate surface area is 102 Å². The van der Waals surface area contributed by atoms with Crippen LogP contribution in [0.1, 0.15) is 29.3 Å². The SMILES string of the molecule is CC(O)CCN(C)C(=O)c1ccc(CN)cc1. The van der Waals surface area contributed by atoms with Crippen LogP contribution < -0.4 is 5.73 Å². The molecule has 17 heavy (non-hydrogen) atoms. The number of aliphatic hydroxyl groups excluding tert-OH is 1. The van der Waals surface area contributed by atoms with Crippen molar-refractivity contribution in [2.24, 2.45) is 5.73 Å². The fraction of sp³-hybridized carbons (Fsp3) is 0.462. The summed E-state index contributed by atoms with van der Waals surface area (Å²) in [6.45, 7) is 2.75. The summed E-state index contributed by atoms with van der Waals surface area (Å²) < 4.78 is 0. The molecule has 1 atom stereocenters. The second-order valence-electron chi connectivity index (χ2n) is 4.27. The fourth-order valence-corrected chi connectivity index (χ4v) is 1.49. The van der Waals surface area contributed by atoms with Crippen LogP contribution in [-0.2, 0) is 6.54 Å². The highest BCUT2D eigenvalue weighted by Crippen LogP contribution is 2.07. The molecule has 0 saturated heterocycles. The molecule has 0 aliphatic rings. The molecule has 0 saturated carbocycles. The molecule has 1 amide bonds. The van der Waals surface area contributed by atoms with Crippen molar-refractivity contribution in [3.05, 3.63) is 35.4 Å². The standard InChI is InChI=1S/C13H20N2O2/c1-10(16)7-8-15(2)13(17)12-5-3-11(9-14)4-6-12/h3-6,10,16H,7-9,14H2,1-2H3. The zero-order chi connectivity index (χ0) is 12.8. The summed E-state index contributed by atoms with van der Waals surface area (Å²) in [5.74, 6) is -0.0331. The molecule has 0 bridgehead atoms. The molecule has 1 rings (SSSR count). The summed E-state index contributed by atoms with van der Waals surface area (Å²) in [7, 11) is 1.74. The van der Waals surface area contributed by atoms with Gasteiger partial charge in [0.1, 0.15) is 0 Å². The van der Waals surface area contributed by atoms with E-state index in [1.807, 2.05) is 12.1 Å². The lowest BCUT2D eigenvalue weighted by Crippen LogP contribution is -2.29. The van der Waals surface area contributed by atoms with E-state index in [0.29, 0.717) is 25.1 Å². The molecule has 0 heterocycles. The van der Waals surface area contributed by atoms with Gasteiger partial charge < -0.3 is 15.7 Å². The van der Waals surface area contributed by atoms with Gasteiger partial charge in [0.05, 0.1) is 6.10 Å². The van der Waals surface area contributed by atoms with E-state index in [1.54, 1.807) is 31.0 Å². The molecule has 0 aromatic heterocycles. The van der Waals surface area contributed by atoms with Crippen LogP contribution in [0.2, 0.25) is 0 Å². The van der Waals surface area contributed by atoms with Crippen molar-refractivity contribution in [1.82, 2.24) is 4.90 Å². The van der Waals surface area contributed by atoms with Gasteiger partial charge in [-0.3, -0.25) is 4.79 Å². The Morgan fingerprint density at radius 3 is 2.47 bits per heavy atom. The lowest BCUT2D eigenvalue weighted by atomic mass is 10.1. The van der Waals surface area contributed by atoms with Gasteiger partial charge in [0.15, 0.2) is 0 Å². The third-order valence-electron chi connectivity index (χ3n) is 2.67. The van der Waals surface area contributed by atoms with E-state index in [9.17, 15) is 9.90 Å². The number of hydrogen-bond donors (Lipinski definition) is 2. The van der Waals surface area contributed by atoms with Crippen molar-refractivity contribution in [2.75, 3.05) is 13.6 Å². The van der Waals surface area contributed by atoms with Crippen LogP contribution in [0.5, 0.6) is 0 Å². The van der Waals surface area contributed by atoms with Crippen molar-refractivity contribution in [3.63, 3.8) is 0 Å². The van der Waals surface area contributed by atoms with E-state index in [4.69, 9.17) is 5.73 Å². The van der Waals surface area contributed by atoms with Gasteiger partial charge in [0.2, 0.25) is 0 Å². The van der Waals surface area contributed by atoms with Crippen molar-refractivity contribution in [1.29, 1.82) is 0 Å². The van der Waals surface area contributed by atoms with Crippen LogP contribution in [0.15, 0.2) is 24.3 Å². The van der Waals surface area contributed by atoms with Crippen LogP contribution in [0, 0.1) is 0 Å². The number of nitrogens with zero attached hydrogens (tertiary/aromatic N) is 1. The molecular formula is C13H20N2O2. The third-order valence-corrected chi connectivity index (χ3v) is 2.67. The number of amides is 1. The Balaban J connectivity index is 2.61. The fourth-order valence-electron chi connectivity index (χ4n) is 1.49. The van der Waals surface area contributed by atoms with Gasteiger partial charge >= 0.3 is 0 Å². The number of carbonyl (C=O) groups excluding carboxylic acids is 1. The predicted octanol–water partition coefficient (Wildman–Crippen LogP) is 0.988. The van der Waals surface area contributed by atoms with Crippen LogP contribution in [-0.4, -0.2) is 35.6 Å². The van der Waals surface area contributed by atoms with Crippen molar-refractivity contribution >= 4 is 5.91 Å². The van der Waals surface area contributed by atoms with Crippen LogP contribution in [0.25, 0.3) is 0 Å². The normalized spacial score (nSPS) is 12.2. The zero-order valence-corrected chi connectivity index (χ0v) is 10.4. The van der Waals surface area contributed by atoms with E-state index in [-0.39, 0.29) is 12.0 Å². The van der Waals surface area contributed by atoms with Crippen LogP contribution in [0.4, 0.5) is 0 Å². The number of benzene rings is 1. The highest BCUT2D eigenvalue weighted by molar-refractivity contribution is 5.94. The maximum absolute atomic E-state index is 12.0. The molecule has 0 radical (unpaired) electrons. The van der Waals surface area contributed by atoms with Gasteiger partial charge in [-0.2, -0.15) is 0 Å². The Hall–Kier alpha value is -1.39. The van der Waals surface area contributed by atoms with Gasteiger partial charge in [0.25, 0.3) is 5.91 Å². The minimum absolute atomic E-state index is 0.0331. The summed E-state index contributed by atoms with van der Waals surface area (Å²) >= 11 is 0. The average Bonchev–Trinajstić information content (AvgIpc) is 2.35. The summed E-state index contributed by atoms with van der Waals surface area (Å²) in [6, 6.07) is 7.28. The second-order valence-corrected chi connectivity index (χ2v) is 4.27. The summed E-state index contributed by atoms with van der Waals surface area (Å²) in [6.07, 6.45) is 0.202. The van der Waals surface area contributed by atoms with E-state index in [1.165, 1.54) is 0 Å². The average molecular weight is 236 g/mol. The van der Waals surface area contributed by atoms with Gasteiger partial charge in [-0.05, 0) is 31.0 Å². The molecule has 0 aliphatic heterocycles. The smallest absolute Gasteiger partial charge is 0.253 e. The zero-order valence-electron chi connectivity index (χ0n) is 10.4. The highest BCUT2D eigenvalue weighted by Gasteiger charge is 2.11. The molecule has 94 valence electrons. The van der Waals surface area contributed by atoms with E-state index in [2.05, 4.69) is 0 Å². The molecule has 1 aromatic rings. The Morgan fingerprint density at radius 2 is 2.00 bits per heavy atom. The molecule has 1 aromatic carbocycles. The van der Waals surface area contributed by atoms with Gasteiger partial charge in [-0.25, -0.2) is 0 Å². The Kier molecular flexibility index (Phi) is 5.12. The maximum atomic E-state index is 12.0. The topological polar surface area (TPSA) is 66.6 Å². The first kappa shape index (κ1) is 13.7. The third kappa shape index (κ3) is 4.17. The van der Waals surface area contributed by atoms with Crippen LogP contribution in [0.3, 0.4) is 0 Å². The molecule has 0 fully saturated rings. The monoisotopic (exact) mass is 236 g/mol. The highest BCUT2D eigenvalue weighted by atomic mass is 16.3. The van der Waals surface area contributed by atoms with Crippen molar-refractivity contribution < 1.29 is 9.90 Å². The first-order chi connectivity index (χ1) is 8.04. The summed E-state index contributed by atoms with van der Waals surface area (Å²) in [5.41, 5.74) is 7.15. The van der Waals surface area contributed by atoms with Crippen molar-refractivity contribution in [2.45, 2.75) is 26.0 Å². The molecule has 0 spiro atoms. The summed E-state index contributed by atoms with van der Waals surface area (Å²) in [5, 5.41) is 9.17. The van der Waals surface area contributed by atoms with E-state index in [0.717, 1.165) is 5.56 Å². The first-order valence-corrected chi connectivity index (χ1v) is 5.77. The number of carbonyl (C=O) groups is 1. The number of aliphatic hydroxyl groups is 1. The van der Waals surface area contributed by atoms with Crippen LogP contribution >= 0.6 is 0 Å². The van der Waals surface area contributed by atoms with Gasteiger partial charge in [-0.15, -0.1) is 0 Å². The molecule has 3 N–H and O–H groups in total. The number of rotatable bonds is 5. The van der Waals surface area contributed by atoms with E-state index < -0.39 is 0 Å². The minimum Gasteiger partial charge on any atom is -0.393 e. The molecule has 0 aliphatic carbocycles. The quantitative estimate of drug-likeness (QED) is 0.801. The van der Waals surface area contributed by atoms with E-state index >= 15 is 0 Å². The lowest BCUT2D eigenvalue weighted by Gasteiger charge is -2.18. The van der Waals surface area contributed by atoms with Gasteiger partial charge in [-0.1, -0.05) is 12.1 Å². The second kappa shape index (κ2) is 6.37.